The summed E-state index contributed by atoms with van der Waals surface area (Å²) in [6.07, 6.45) is 0. The Morgan fingerprint density at radius 2 is 2.12 bits per heavy atom. The summed E-state index contributed by atoms with van der Waals surface area (Å²) in [6, 6.07) is 5.06. The van der Waals surface area contributed by atoms with Gasteiger partial charge in [0.1, 0.15) is 0 Å². The van der Waals surface area contributed by atoms with Gasteiger partial charge in [-0.2, -0.15) is 0 Å². The summed E-state index contributed by atoms with van der Waals surface area (Å²) >= 11 is 7.90. The molecule has 0 aliphatic carbocycles. The molecule has 1 aromatic carbocycles. The van der Waals surface area contributed by atoms with Gasteiger partial charge in [-0.15, -0.1) is 0 Å². The topological polar surface area (TPSA) is 63.4 Å². The predicted molar refractivity (Wildman–Crippen MR) is 74.9 cm³/mol. The third-order valence-electron chi connectivity index (χ3n) is 2.17. The molecule has 6 heteroatoms. The van der Waals surface area contributed by atoms with E-state index in [0.717, 1.165) is 3.57 Å². The summed E-state index contributed by atoms with van der Waals surface area (Å²) in [5.41, 5.74) is 5.58. The summed E-state index contributed by atoms with van der Waals surface area (Å²) in [5, 5.41) is 0.490. The first-order valence-corrected chi connectivity index (χ1v) is 6.44. The molecule has 0 saturated carbocycles. The number of amides is 2. The van der Waals surface area contributed by atoms with Crippen molar-refractivity contribution in [3.63, 3.8) is 0 Å². The first-order valence-electron chi connectivity index (χ1n) is 4.98. The standard InChI is InChI=1S/C11H12ClIN2O2/c1-2-15(6-10(14)16)11(17)8-5-7(12)3-4-9(8)13/h3-5H,2,6H2,1H3,(H2,14,16). The quantitative estimate of drug-likeness (QED) is 0.827. The predicted octanol–water partition coefficient (Wildman–Crippen LogP) is 1.89. The number of halogens is 2. The van der Waals surface area contributed by atoms with E-state index in [2.05, 4.69) is 22.6 Å². The average molecular weight is 367 g/mol. The van der Waals surface area contributed by atoms with Gasteiger partial charge < -0.3 is 10.6 Å². The highest BCUT2D eigenvalue weighted by atomic mass is 127. The second kappa shape index (κ2) is 6.20. The molecule has 0 aromatic heterocycles. The lowest BCUT2D eigenvalue weighted by atomic mass is 10.2. The zero-order valence-corrected chi connectivity index (χ0v) is 12.2. The number of benzene rings is 1. The molecule has 0 saturated heterocycles. The highest BCUT2D eigenvalue weighted by Gasteiger charge is 2.18. The van der Waals surface area contributed by atoms with Crippen LogP contribution in [0, 0.1) is 3.57 Å². The van der Waals surface area contributed by atoms with Crippen LogP contribution in [0.1, 0.15) is 17.3 Å². The van der Waals surface area contributed by atoms with E-state index in [-0.39, 0.29) is 12.5 Å². The third kappa shape index (κ3) is 3.85. The van der Waals surface area contributed by atoms with Crippen molar-refractivity contribution in [2.75, 3.05) is 13.1 Å². The Morgan fingerprint density at radius 1 is 1.47 bits per heavy atom. The Balaban J connectivity index is 3.01. The summed E-state index contributed by atoms with van der Waals surface area (Å²) in [6.45, 7) is 2.13. The smallest absolute Gasteiger partial charge is 0.255 e. The van der Waals surface area contributed by atoms with Crippen LogP contribution in [0.4, 0.5) is 0 Å². The van der Waals surface area contributed by atoms with Crippen LogP contribution in [0.3, 0.4) is 0 Å². The van der Waals surface area contributed by atoms with E-state index in [4.69, 9.17) is 17.3 Å². The monoisotopic (exact) mass is 366 g/mol. The first kappa shape index (κ1) is 14.2. The number of rotatable bonds is 4. The van der Waals surface area contributed by atoms with Crippen molar-refractivity contribution in [3.05, 3.63) is 32.4 Å². The second-order valence-electron chi connectivity index (χ2n) is 3.41. The number of hydrogen-bond donors (Lipinski definition) is 1. The number of carbonyl (C=O) groups is 2. The number of likely N-dealkylation sites (N-methyl/N-ethyl adjacent to an activating group) is 1. The summed E-state index contributed by atoms with van der Waals surface area (Å²) < 4.78 is 0.792. The fourth-order valence-corrected chi connectivity index (χ4v) is 2.09. The molecule has 1 aromatic rings. The maximum Gasteiger partial charge on any atom is 0.255 e. The third-order valence-corrected chi connectivity index (χ3v) is 3.35. The molecule has 0 heterocycles. The second-order valence-corrected chi connectivity index (χ2v) is 5.01. The van der Waals surface area contributed by atoms with Crippen LogP contribution in [0.2, 0.25) is 5.02 Å². The number of carbonyl (C=O) groups excluding carboxylic acids is 2. The molecule has 92 valence electrons. The van der Waals surface area contributed by atoms with Crippen LogP contribution in [0.25, 0.3) is 0 Å². The van der Waals surface area contributed by atoms with Crippen LogP contribution >= 0.6 is 34.2 Å². The van der Waals surface area contributed by atoms with Gasteiger partial charge in [-0.3, -0.25) is 9.59 Å². The highest BCUT2D eigenvalue weighted by molar-refractivity contribution is 14.1. The maximum atomic E-state index is 12.1. The van der Waals surface area contributed by atoms with E-state index in [1.807, 2.05) is 0 Å². The Bertz CT molecular complexity index is 451. The van der Waals surface area contributed by atoms with Crippen molar-refractivity contribution in [1.29, 1.82) is 0 Å². The van der Waals surface area contributed by atoms with Crippen molar-refractivity contribution in [1.82, 2.24) is 4.90 Å². The molecular formula is C11H12ClIN2O2. The van der Waals surface area contributed by atoms with Gasteiger partial charge in [0.2, 0.25) is 5.91 Å². The molecule has 4 nitrogen and oxygen atoms in total. The molecule has 0 spiro atoms. The minimum absolute atomic E-state index is 0.0854. The maximum absolute atomic E-state index is 12.1. The molecule has 17 heavy (non-hydrogen) atoms. The minimum Gasteiger partial charge on any atom is -0.368 e. The summed E-state index contributed by atoms with van der Waals surface area (Å²) in [4.78, 5) is 24.4. The molecule has 0 radical (unpaired) electrons. The minimum atomic E-state index is -0.530. The molecule has 2 amide bonds. The van der Waals surface area contributed by atoms with Gasteiger partial charge in [0.25, 0.3) is 5.91 Å². The van der Waals surface area contributed by atoms with E-state index in [9.17, 15) is 9.59 Å². The van der Waals surface area contributed by atoms with Crippen LogP contribution in [-0.2, 0) is 4.79 Å². The first-order chi connectivity index (χ1) is 7.95. The normalized spacial score (nSPS) is 10.1. The molecule has 1 rings (SSSR count). The SMILES string of the molecule is CCN(CC(N)=O)C(=O)c1cc(Cl)ccc1I. The highest BCUT2D eigenvalue weighted by Crippen LogP contribution is 2.19. The van der Waals surface area contributed by atoms with Crippen molar-refractivity contribution < 1.29 is 9.59 Å². The van der Waals surface area contributed by atoms with Crippen LogP contribution in [0.15, 0.2) is 18.2 Å². The summed E-state index contributed by atoms with van der Waals surface area (Å²) in [5.74, 6) is -0.768. The average Bonchev–Trinajstić information content (AvgIpc) is 2.28. The van der Waals surface area contributed by atoms with Crippen molar-refractivity contribution in [2.45, 2.75) is 6.92 Å². The molecule has 0 atom stereocenters. The molecule has 0 fully saturated rings. The Kier molecular flexibility index (Phi) is 5.20. The fourth-order valence-electron chi connectivity index (χ4n) is 1.35. The zero-order chi connectivity index (χ0) is 13.0. The van der Waals surface area contributed by atoms with E-state index < -0.39 is 5.91 Å². The van der Waals surface area contributed by atoms with E-state index in [0.29, 0.717) is 17.1 Å². The lowest BCUT2D eigenvalue weighted by Gasteiger charge is -2.19. The Labute approximate surface area is 118 Å². The van der Waals surface area contributed by atoms with Crippen molar-refractivity contribution in [3.8, 4) is 0 Å². The molecule has 0 aliphatic rings. The van der Waals surface area contributed by atoms with Crippen LogP contribution in [-0.4, -0.2) is 29.8 Å². The van der Waals surface area contributed by atoms with Gasteiger partial charge in [-0.05, 0) is 47.7 Å². The number of nitrogens with zero attached hydrogens (tertiary/aromatic N) is 1. The lowest BCUT2D eigenvalue weighted by Crippen LogP contribution is -2.38. The van der Waals surface area contributed by atoms with Gasteiger partial charge >= 0.3 is 0 Å². The van der Waals surface area contributed by atoms with Gasteiger partial charge in [0, 0.05) is 15.1 Å². The number of nitrogens with two attached hydrogens (primary N) is 1. The Hall–Kier alpha value is -0.820. The zero-order valence-electron chi connectivity index (χ0n) is 9.24. The van der Waals surface area contributed by atoms with E-state index in [1.54, 1.807) is 25.1 Å². The lowest BCUT2D eigenvalue weighted by molar-refractivity contribution is -0.118. The van der Waals surface area contributed by atoms with E-state index in [1.165, 1.54) is 4.90 Å². The van der Waals surface area contributed by atoms with Gasteiger partial charge in [-0.1, -0.05) is 11.6 Å². The van der Waals surface area contributed by atoms with Gasteiger partial charge in [0.15, 0.2) is 0 Å². The largest absolute Gasteiger partial charge is 0.368 e. The van der Waals surface area contributed by atoms with E-state index >= 15 is 0 Å². The molecular weight excluding hydrogens is 354 g/mol. The number of hydrogen-bond acceptors (Lipinski definition) is 2. The fraction of sp³-hybridized carbons (Fsp3) is 0.273. The van der Waals surface area contributed by atoms with Crippen molar-refractivity contribution in [2.24, 2.45) is 5.73 Å². The van der Waals surface area contributed by atoms with Crippen LogP contribution in [0.5, 0.6) is 0 Å². The van der Waals surface area contributed by atoms with Crippen LogP contribution < -0.4 is 5.73 Å². The van der Waals surface area contributed by atoms with Crippen molar-refractivity contribution >= 4 is 46.0 Å². The number of primary amides is 1. The Morgan fingerprint density at radius 3 is 2.65 bits per heavy atom. The van der Waals surface area contributed by atoms with Gasteiger partial charge in [-0.25, -0.2) is 0 Å². The molecule has 0 aliphatic heterocycles. The molecule has 0 bridgehead atoms. The molecule has 2 N–H and O–H groups in total. The summed E-state index contributed by atoms with van der Waals surface area (Å²) in [7, 11) is 0. The van der Waals surface area contributed by atoms with Gasteiger partial charge in [0.05, 0.1) is 12.1 Å². The molecule has 0 unspecified atom stereocenters.